The van der Waals surface area contributed by atoms with Crippen molar-refractivity contribution in [2.24, 2.45) is 5.92 Å². The van der Waals surface area contributed by atoms with E-state index in [1.54, 1.807) is 6.08 Å². The minimum absolute atomic E-state index is 0.115. The van der Waals surface area contributed by atoms with Gasteiger partial charge in [0.1, 0.15) is 6.04 Å². The molecule has 0 aliphatic rings. The van der Waals surface area contributed by atoms with Crippen LogP contribution in [-0.2, 0) is 20.8 Å². The van der Waals surface area contributed by atoms with E-state index in [0.717, 1.165) is 5.56 Å². The molecule has 0 aliphatic carbocycles. The second kappa shape index (κ2) is 11.1. The maximum absolute atomic E-state index is 12.8. The maximum Gasteiger partial charge on any atom is 0.243 e. The molecule has 2 amide bonds. The van der Waals surface area contributed by atoms with Crippen molar-refractivity contribution in [1.29, 1.82) is 0 Å². The Labute approximate surface area is 185 Å². The first kappa shape index (κ1) is 24.0. The van der Waals surface area contributed by atoms with Crippen molar-refractivity contribution >= 4 is 65.4 Å². The lowest BCUT2D eigenvalue weighted by Crippen LogP contribution is -2.53. The third-order valence-electron chi connectivity index (χ3n) is 3.68. The highest BCUT2D eigenvalue weighted by Gasteiger charge is 2.27. The Balaban J connectivity index is 2.93. The van der Waals surface area contributed by atoms with E-state index in [2.05, 4.69) is 58.4 Å². The average Bonchev–Trinajstić information content (AvgIpc) is 2.56. The normalized spacial score (nSPS) is 14.0. The van der Waals surface area contributed by atoms with Crippen molar-refractivity contribution in [2.45, 2.75) is 41.4 Å². The summed E-state index contributed by atoms with van der Waals surface area (Å²) in [6.07, 6.45) is 3.33. The standard InChI is InChI=1S/C19H23Br3N2O3/c1-12(2)17(16(26)9-10-19(20,21)22)24-18(27)15(23-13(3)25)11-14-7-5-4-6-8-14/h4-10,12,15,17H,11H2,1-3H3,(H,23,25)(H,24,27)/b10-9+/t15-,17-/m0/s1. The molecule has 27 heavy (non-hydrogen) atoms. The molecule has 1 aromatic carbocycles. The zero-order valence-corrected chi connectivity index (χ0v) is 20.1. The third-order valence-corrected chi connectivity index (χ3v) is 4.48. The zero-order valence-electron chi connectivity index (χ0n) is 15.3. The van der Waals surface area contributed by atoms with Crippen LogP contribution in [0.15, 0.2) is 42.5 Å². The van der Waals surface area contributed by atoms with Crippen LogP contribution < -0.4 is 10.6 Å². The van der Waals surface area contributed by atoms with Crippen LogP contribution >= 0.6 is 47.8 Å². The molecule has 8 heteroatoms. The number of benzene rings is 1. The number of allylic oxidation sites excluding steroid dienone is 1. The van der Waals surface area contributed by atoms with Gasteiger partial charge in [0.15, 0.2) is 7.93 Å². The van der Waals surface area contributed by atoms with E-state index in [4.69, 9.17) is 0 Å². The Morgan fingerprint density at radius 1 is 1.07 bits per heavy atom. The molecule has 1 rings (SSSR count). The fraction of sp³-hybridized carbons (Fsp3) is 0.421. The van der Waals surface area contributed by atoms with E-state index in [-0.39, 0.29) is 17.6 Å². The molecule has 1 aromatic rings. The van der Waals surface area contributed by atoms with Crippen LogP contribution in [0, 0.1) is 5.92 Å². The summed E-state index contributed by atoms with van der Waals surface area (Å²) in [7, 11) is 0. The Bertz CT molecular complexity index is 685. The number of amides is 2. The van der Waals surface area contributed by atoms with Gasteiger partial charge in [0.2, 0.25) is 11.8 Å². The molecular weight excluding hydrogens is 544 g/mol. The number of halogens is 3. The van der Waals surface area contributed by atoms with Crippen molar-refractivity contribution in [3.63, 3.8) is 0 Å². The first-order chi connectivity index (χ1) is 12.5. The molecule has 0 aliphatic heterocycles. The van der Waals surface area contributed by atoms with Crippen LogP contribution in [-0.4, -0.2) is 31.8 Å². The van der Waals surface area contributed by atoms with E-state index in [0.29, 0.717) is 6.42 Å². The highest BCUT2D eigenvalue weighted by Crippen LogP contribution is 2.34. The molecule has 0 saturated heterocycles. The van der Waals surface area contributed by atoms with E-state index in [1.807, 2.05) is 44.2 Å². The quantitative estimate of drug-likeness (QED) is 0.371. The minimum Gasteiger partial charge on any atom is -0.344 e. The Morgan fingerprint density at radius 3 is 2.15 bits per heavy atom. The highest BCUT2D eigenvalue weighted by molar-refractivity contribution is 9.39. The molecule has 2 N–H and O–H groups in total. The molecular formula is C19H23Br3N2O3. The predicted molar refractivity (Wildman–Crippen MR) is 118 cm³/mol. The molecule has 2 atom stereocenters. The van der Waals surface area contributed by atoms with Gasteiger partial charge in [-0.05, 0) is 23.6 Å². The Kier molecular flexibility index (Phi) is 9.90. The number of hydrogen-bond donors (Lipinski definition) is 2. The SMILES string of the molecule is CC(=O)N[C@@H](Cc1ccccc1)C(=O)N[C@H](C(=O)/C=C/C(Br)(Br)Br)C(C)C. The summed E-state index contributed by atoms with van der Waals surface area (Å²) in [5.41, 5.74) is 0.918. The van der Waals surface area contributed by atoms with Gasteiger partial charge in [-0.15, -0.1) is 0 Å². The van der Waals surface area contributed by atoms with E-state index >= 15 is 0 Å². The van der Waals surface area contributed by atoms with Crippen molar-refractivity contribution in [1.82, 2.24) is 10.6 Å². The monoisotopic (exact) mass is 564 g/mol. The average molecular weight is 567 g/mol. The largest absolute Gasteiger partial charge is 0.344 e. The topological polar surface area (TPSA) is 75.3 Å². The molecule has 0 heterocycles. The highest BCUT2D eigenvalue weighted by atomic mass is 80.0. The molecule has 0 radical (unpaired) electrons. The second-order valence-electron chi connectivity index (χ2n) is 6.45. The summed E-state index contributed by atoms with van der Waals surface area (Å²) in [5, 5.41) is 5.44. The molecule has 0 unspecified atom stereocenters. The van der Waals surface area contributed by atoms with Crippen LogP contribution in [0.3, 0.4) is 0 Å². The number of alkyl halides is 3. The molecule has 0 spiro atoms. The summed E-state index contributed by atoms with van der Waals surface area (Å²) in [5.74, 6) is -1.04. The number of hydrogen-bond acceptors (Lipinski definition) is 3. The zero-order chi connectivity index (χ0) is 20.6. The molecule has 0 aromatic heterocycles. The Hall–Kier alpha value is -0.990. The lowest BCUT2D eigenvalue weighted by atomic mass is 9.98. The van der Waals surface area contributed by atoms with Gasteiger partial charge >= 0.3 is 0 Å². The maximum atomic E-state index is 12.8. The number of nitrogens with one attached hydrogen (secondary N) is 2. The van der Waals surface area contributed by atoms with Gasteiger partial charge in [-0.2, -0.15) is 0 Å². The fourth-order valence-electron chi connectivity index (χ4n) is 2.40. The lowest BCUT2D eigenvalue weighted by Gasteiger charge is -2.24. The van der Waals surface area contributed by atoms with E-state index in [1.165, 1.54) is 13.0 Å². The molecule has 0 fully saturated rings. The van der Waals surface area contributed by atoms with Gasteiger partial charge in [0.25, 0.3) is 0 Å². The van der Waals surface area contributed by atoms with Gasteiger partial charge in [0.05, 0.1) is 6.04 Å². The number of carbonyl (C=O) groups is 3. The number of carbonyl (C=O) groups excluding carboxylic acids is 3. The van der Waals surface area contributed by atoms with Crippen molar-refractivity contribution in [3.8, 4) is 0 Å². The van der Waals surface area contributed by atoms with E-state index < -0.39 is 20.1 Å². The molecule has 148 valence electrons. The van der Waals surface area contributed by atoms with Crippen LogP contribution in [0.2, 0.25) is 0 Å². The van der Waals surface area contributed by atoms with Crippen LogP contribution in [0.4, 0.5) is 0 Å². The first-order valence-corrected chi connectivity index (χ1v) is 10.8. The van der Waals surface area contributed by atoms with Gasteiger partial charge < -0.3 is 10.6 Å². The van der Waals surface area contributed by atoms with Crippen LogP contribution in [0.5, 0.6) is 0 Å². The predicted octanol–water partition coefficient (Wildman–Crippen LogP) is 3.84. The summed E-state index contributed by atoms with van der Waals surface area (Å²) < 4.78 is -0.680. The smallest absolute Gasteiger partial charge is 0.243 e. The third kappa shape index (κ3) is 9.67. The lowest BCUT2D eigenvalue weighted by molar-refractivity contribution is -0.130. The van der Waals surface area contributed by atoms with Crippen molar-refractivity contribution < 1.29 is 14.4 Å². The van der Waals surface area contributed by atoms with Crippen LogP contribution in [0.25, 0.3) is 0 Å². The fourth-order valence-corrected chi connectivity index (χ4v) is 2.80. The van der Waals surface area contributed by atoms with Crippen molar-refractivity contribution in [3.05, 3.63) is 48.0 Å². The van der Waals surface area contributed by atoms with Crippen molar-refractivity contribution in [2.75, 3.05) is 0 Å². The second-order valence-corrected chi connectivity index (χ2v) is 13.4. The van der Waals surface area contributed by atoms with Crippen LogP contribution in [0.1, 0.15) is 26.3 Å². The number of rotatable bonds is 8. The first-order valence-electron chi connectivity index (χ1n) is 8.41. The summed E-state index contributed by atoms with van der Waals surface area (Å²) in [6.45, 7) is 5.07. The van der Waals surface area contributed by atoms with E-state index in [9.17, 15) is 14.4 Å². The summed E-state index contributed by atoms with van der Waals surface area (Å²) in [4.78, 5) is 36.8. The van der Waals surface area contributed by atoms with Gasteiger partial charge in [-0.3, -0.25) is 14.4 Å². The van der Waals surface area contributed by atoms with Gasteiger partial charge in [-0.1, -0.05) is 92.0 Å². The number of ketones is 1. The summed E-state index contributed by atoms with van der Waals surface area (Å²) >= 11 is 9.87. The Morgan fingerprint density at radius 2 is 1.67 bits per heavy atom. The minimum atomic E-state index is -0.759. The summed E-state index contributed by atoms with van der Waals surface area (Å²) in [6, 6.07) is 7.94. The molecule has 0 saturated carbocycles. The molecule has 0 bridgehead atoms. The van der Waals surface area contributed by atoms with Gasteiger partial charge in [0, 0.05) is 13.3 Å². The van der Waals surface area contributed by atoms with Gasteiger partial charge in [-0.25, -0.2) is 0 Å². The molecule has 5 nitrogen and oxygen atoms in total.